The molecule has 0 fully saturated rings. The first-order chi connectivity index (χ1) is 5.65. The molecule has 0 atom stereocenters. The smallest absolute Gasteiger partial charge is 0.0471 e. The van der Waals surface area contributed by atoms with Crippen molar-refractivity contribution in [1.82, 2.24) is 0 Å². The molecule has 1 aromatic rings. The van der Waals surface area contributed by atoms with E-state index in [2.05, 4.69) is 31.9 Å². The minimum atomic E-state index is 0.196. The van der Waals surface area contributed by atoms with Gasteiger partial charge in [0.05, 0.1) is 0 Å². The molecule has 66 valence electrons. The molecule has 1 aromatic carbocycles. The molecule has 0 aliphatic heterocycles. The molecule has 1 rings (SSSR count). The van der Waals surface area contributed by atoms with Gasteiger partial charge in [-0.05, 0) is 36.6 Å². The highest BCUT2D eigenvalue weighted by Gasteiger charge is 2.02. The van der Waals surface area contributed by atoms with Gasteiger partial charge in [0.1, 0.15) is 0 Å². The maximum absolute atomic E-state index is 8.74. The molecule has 0 bridgehead atoms. The lowest BCUT2D eigenvalue weighted by Gasteiger charge is -2.05. The summed E-state index contributed by atoms with van der Waals surface area (Å²) < 4.78 is 2.17. The zero-order chi connectivity index (χ0) is 9.14. The maximum atomic E-state index is 8.74. The van der Waals surface area contributed by atoms with Crippen LogP contribution in [0.15, 0.2) is 21.1 Å². The molecule has 0 aromatic heterocycles. The van der Waals surface area contributed by atoms with E-state index in [9.17, 15) is 0 Å². The summed E-state index contributed by atoms with van der Waals surface area (Å²) in [6, 6.07) is 4.08. The van der Waals surface area contributed by atoms with Gasteiger partial charge < -0.3 is 5.11 Å². The molecule has 0 heterocycles. The summed E-state index contributed by atoms with van der Waals surface area (Å²) in [6.07, 6.45) is 0.706. The molecule has 3 heteroatoms. The van der Waals surface area contributed by atoms with Crippen LogP contribution in [0.2, 0.25) is 0 Å². The number of halogens is 2. The molecular weight excluding hydrogens is 284 g/mol. The van der Waals surface area contributed by atoms with E-state index in [1.165, 1.54) is 5.56 Å². The van der Waals surface area contributed by atoms with E-state index in [1.807, 2.05) is 19.1 Å². The van der Waals surface area contributed by atoms with Crippen LogP contribution in [0.25, 0.3) is 0 Å². The molecular formula is C9H10Br2O. The van der Waals surface area contributed by atoms with Gasteiger partial charge in [0, 0.05) is 15.6 Å². The Balaban J connectivity index is 3.04. The monoisotopic (exact) mass is 292 g/mol. The number of hydrogen-bond acceptors (Lipinski definition) is 1. The fraction of sp³-hybridized carbons (Fsp3) is 0.333. The summed E-state index contributed by atoms with van der Waals surface area (Å²) in [7, 11) is 0. The highest BCUT2D eigenvalue weighted by Crippen LogP contribution is 2.26. The zero-order valence-corrected chi connectivity index (χ0v) is 9.94. The van der Waals surface area contributed by atoms with Gasteiger partial charge in [-0.25, -0.2) is 0 Å². The van der Waals surface area contributed by atoms with Gasteiger partial charge in [0.15, 0.2) is 0 Å². The SMILES string of the molecule is Cc1c(Br)cc(CCO)cc1Br. The van der Waals surface area contributed by atoms with Gasteiger partial charge in [0.2, 0.25) is 0 Å². The summed E-state index contributed by atoms with van der Waals surface area (Å²) >= 11 is 6.91. The number of rotatable bonds is 2. The van der Waals surface area contributed by atoms with Crippen LogP contribution in [0.5, 0.6) is 0 Å². The number of aliphatic hydroxyl groups is 1. The van der Waals surface area contributed by atoms with E-state index in [4.69, 9.17) is 5.11 Å². The normalized spacial score (nSPS) is 10.3. The van der Waals surface area contributed by atoms with Crippen molar-refractivity contribution in [2.75, 3.05) is 6.61 Å². The highest BCUT2D eigenvalue weighted by atomic mass is 79.9. The largest absolute Gasteiger partial charge is 0.396 e. The third-order valence-corrected chi connectivity index (χ3v) is 3.39. The van der Waals surface area contributed by atoms with E-state index in [1.54, 1.807) is 0 Å². The lowest BCUT2D eigenvalue weighted by atomic mass is 10.1. The van der Waals surface area contributed by atoms with Crippen molar-refractivity contribution in [3.63, 3.8) is 0 Å². The topological polar surface area (TPSA) is 20.2 Å². The second-order valence-electron chi connectivity index (χ2n) is 2.66. The van der Waals surface area contributed by atoms with Crippen molar-refractivity contribution in [2.24, 2.45) is 0 Å². The molecule has 0 radical (unpaired) electrons. The summed E-state index contributed by atoms with van der Waals surface area (Å²) in [5.74, 6) is 0. The molecule has 0 amide bonds. The van der Waals surface area contributed by atoms with Gasteiger partial charge in [-0.15, -0.1) is 0 Å². The molecule has 0 unspecified atom stereocenters. The van der Waals surface area contributed by atoms with E-state index in [0.29, 0.717) is 6.42 Å². The Hall–Kier alpha value is 0.140. The van der Waals surface area contributed by atoms with E-state index in [-0.39, 0.29) is 6.61 Å². The first-order valence-electron chi connectivity index (χ1n) is 3.70. The number of benzene rings is 1. The molecule has 1 N–H and O–H groups in total. The standard InChI is InChI=1S/C9H10Br2O/c1-6-8(10)4-7(2-3-12)5-9(6)11/h4-5,12H,2-3H2,1H3. The van der Waals surface area contributed by atoms with Crippen molar-refractivity contribution < 1.29 is 5.11 Å². The summed E-state index contributed by atoms with van der Waals surface area (Å²) in [5, 5.41) is 8.74. The fourth-order valence-electron chi connectivity index (χ4n) is 0.971. The summed E-state index contributed by atoms with van der Waals surface area (Å²) in [4.78, 5) is 0. The van der Waals surface area contributed by atoms with Crippen LogP contribution in [0.4, 0.5) is 0 Å². The van der Waals surface area contributed by atoms with Crippen LogP contribution in [0.3, 0.4) is 0 Å². The minimum absolute atomic E-state index is 0.196. The second-order valence-corrected chi connectivity index (χ2v) is 4.37. The molecule has 0 saturated carbocycles. The Morgan fingerprint density at radius 1 is 1.25 bits per heavy atom. The Kier molecular flexibility index (Phi) is 3.75. The van der Waals surface area contributed by atoms with Crippen molar-refractivity contribution in [3.8, 4) is 0 Å². The predicted octanol–water partition coefficient (Wildman–Crippen LogP) is 3.05. The third kappa shape index (κ3) is 2.31. The van der Waals surface area contributed by atoms with Crippen molar-refractivity contribution >= 4 is 31.9 Å². The molecule has 0 saturated heterocycles. The van der Waals surface area contributed by atoms with Crippen LogP contribution in [0, 0.1) is 6.92 Å². The number of aliphatic hydroxyl groups excluding tert-OH is 1. The van der Waals surface area contributed by atoms with E-state index >= 15 is 0 Å². The summed E-state index contributed by atoms with van der Waals surface area (Å²) in [5.41, 5.74) is 2.33. The fourth-order valence-corrected chi connectivity index (χ4v) is 2.25. The highest BCUT2D eigenvalue weighted by molar-refractivity contribution is 9.11. The van der Waals surface area contributed by atoms with Crippen LogP contribution in [-0.2, 0) is 6.42 Å². The van der Waals surface area contributed by atoms with Crippen LogP contribution in [-0.4, -0.2) is 11.7 Å². The molecule has 0 aliphatic rings. The first kappa shape index (κ1) is 10.2. The van der Waals surface area contributed by atoms with Gasteiger partial charge >= 0.3 is 0 Å². The van der Waals surface area contributed by atoms with Gasteiger partial charge in [-0.1, -0.05) is 31.9 Å². The second kappa shape index (κ2) is 4.40. The average Bonchev–Trinajstić information content (AvgIpc) is 2.01. The van der Waals surface area contributed by atoms with Crippen molar-refractivity contribution in [1.29, 1.82) is 0 Å². The van der Waals surface area contributed by atoms with Gasteiger partial charge in [0.25, 0.3) is 0 Å². The van der Waals surface area contributed by atoms with Crippen LogP contribution < -0.4 is 0 Å². The van der Waals surface area contributed by atoms with Crippen molar-refractivity contribution in [3.05, 3.63) is 32.2 Å². The molecule has 0 aliphatic carbocycles. The maximum Gasteiger partial charge on any atom is 0.0471 e. The first-order valence-corrected chi connectivity index (χ1v) is 5.29. The predicted molar refractivity (Wildman–Crippen MR) is 57.4 cm³/mol. The lowest BCUT2D eigenvalue weighted by molar-refractivity contribution is 0.299. The lowest BCUT2D eigenvalue weighted by Crippen LogP contribution is -1.92. The Bertz CT molecular complexity index is 261. The Morgan fingerprint density at radius 3 is 2.17 bits per heavy atom. The third-order valence-electron chi connectivity index (χ3n) is 1.74. The Morgan fingerprint density at radius 2 is 1.75 bits per heavy atom. The molecule has 12 heavy (non-hydrogen) atoms. The quantitative estimate of drug-likeness (QED) is 0.889. The summed E-state index contributed by atoms with van der Waals surface area (Å²) in [6.45, 7) is 2.23. The van der Waals surface area contributed by atoms with Crippen LogP contribution in [0.1, 0.15) is 11.1 Å². The average molecular weight is 294 g/mol. The van der Waals surface area contributed by atoms with E-state index in [0.717, 1.165) is 14.5 Å². The molecule has 0 spiro atoms. The minimum Gasteiger partial charge on any atom is -0.396 e. The molecule has 1 nitrogen and oxygen atoms in total. The van der Waals surface area contributed by atoms with Gasteiger partial charge in [-0.2, -0.15) is 0 Å². The van der Waals surface area contributed by atoms with E-state index < -0.39 is 0 Å². The van der Waals surface area contributed by atoms with Crippen molar-refractivity contribution in [2.45, 2.75) is 13.3 Å². The zero-order valence-electron chi connectivity index (χ0n) is 6.77. The van der Waals surface area contributed by atoms with Gasteiger partial charge in [-0.3, -0.25) is 0 Å². The number of hydrogen-bond donors (Lipinski definition) is 1. The Labute approximate surface area is 89.1 Å². The van der Waals surface area contributed by atoms with Crippen LogP contribution >= 0.6 is 31.9 Å².